The molecular weight excluding hydrogens is 460 g/mol. The van der Waals surface area contributed by atoms with Crippen LogP contribution < -0.4 is 10.1 Å². The zero-order valence-electron chi connectivity index (χ0n) is 20.4. The van der Waals surface area contributed by atoms with Crippen molar-refractivity contribution in [2.24, 2.45) is 0 Å². The van der Waals surface area contributed by atoms with Crippen LogP contribution in [0.25, 0.3) is 0 Å². The van der Waals surface area contributed by atoms with Crippen molar-refractivity contribution in [3.05, 3.63) is 101 Å². The first-order valence-corrected chi connectivity index (χ1v) is 12.4. The van der Waals surface area contributed by atoms with Crippen molar-refractivity contribution in [2.75, 3.05) is 13.2 Å². The van der Waals surface area contributed by atoms with Crippen molar-refractivity contribution in [1.29, 1.82) is 0 Å². The molecule has 0 unspecified atom stereocenters. The molecule has 0 spiro atoms. The molecule has 1 N–H and O–H groups in total. The minimum Gasteiger partial charge on any atom is -0.484 e. The van der Waals surface area contributed by atoms with E-state index in [1.165, 1.54) is 5.56 Å². The van der Waals surface area contributed by atoms with E-state index in [-0.39, 0.29) is 25.0 Å². The first-order chi connectivity index (χ1) is 17.0. The standard InChI is InChI=1S/C29H33ClN2O3/c1-3-17-31-29(34)27(19-23-9-6-5-7-10-23)32(20-24-11-8-12-25(30)18-24)28(33)21-35-26-15-13-22(4-2)14-16-26/h5-16,18,27H,3-4,17,19-21H2,1-2H3,(H,31,34)/t27-/m1/s1. The molecule has 0 aliphatic heterocycles. The van der Waals surface area contributed by atoms with E-state index in [0.717, 1.165) is 24.0 Å². The van der Waals surface area contributed by atoms with Crippen LogP contribution >= 0.6 is 11.6 Å². The third-order valence-electron chi connectivity index (χ3n) is 5.76. The summed E-state index contributed by atoms with van der Waals surface area (Å²) in [6.45, 7) is 4.71. The van der Waals surface area contributed by atoms with Gasteiger partial charge in [-0.2, -0.15) is 0 Å². The van der Waals surface area contributed by atoms with Gasteiger partial charge in [0, 0.05) is 24.5 Å². The van der Waals surface area contributed by atoms with Crippen LogP contribution in [0.3, 0.4) is 0 Å². The van der Waals surface area contributed by atoms with Crippen LogP contribution in [-0.4, -0.2) is 35.9 Å². The van der Waals surface area contributed by atoms with E-state index in [1.54, 1.807) is 11.0 Å². The number of hydrogen-bond acceptors (Lipinski definition) is 3. The van der Waals surface area contributed by atoms with Gasteiger partial charge in [-0.15, -0.1) is 0 Å². The number of rotatable bonds is 12. The van der Waals surface area contributed by atoms with Crippen LogP contribution in [0, 0.1) is 0 Å². The van der Waals surface area contributed by atoms with Gasteiger partial charge in [0.1, 0.15) is 11.8 Å². The number of amides is 2. The van der Waals surface area contributed by atoms with E-state index >= 15 is 0 Å². The minimum absolute atomic E-state index is 0.168. The molecule has 0 aliphatic rings. The van der Waals surface area contributed by atoms with E-state index in [2.05, 4.69) is 12.2 Å². The largest absolute Gasteiger partial charge is 0.484 e. The predicted octanol–water partition coefficient (Wildman–Crippen LogP) is 5.45. The summed E-state index contributed by atoms with van der Waals surface area (Å²) in [6.07, 6.45) is 2.14. The molecule has 0 fully saturated rings. The summed E-state index contributed by atoms with van der Waals surface area (Å²) in [4.78, 5) is 28.4. The summed E-state index contributed by atoms with van der Waals surface area (Å²) >= 11 is 6.21. The Morgan fingerprint density at radius 3 is 2.29 bits per heavy atom. The SMILES string of the molecule is CCCNC(=O)[C@@H](Cc1ccccc1)N(Cc1cccc(Cl)c1)C(=O)COc1ccc(CC)cc1. The molecule has 3 aromatic rings. The maximum absolute atomic E-state index is 13.5. The number of hydrogen-bond donors (Lipinski definition) is 1. The van der Waals surface area contributed by atoms with E-state index in [4.69, 9.17) is 16.3 Å². The quantitative estimate of drug-likeness (QED) is 0.366. The smallest absolute Gasteiger partial charge is 0.261 e. The molecule has 0 heterocycles. The van der Waals surface area contributed by atoms with Crippen LogP contribution in [0.15, 0.2) is 78.9 Å². The lowest BCUT2D eigenvalue weighted by Gasteiger charge is -2.31. The first kappa shape index (κ1) is 26.3. The lowest BCUT2D eigenvalue weighted by molar-refractivity contribution is -0.142. The summed E-state index contributed by atoms with van der Waals surface area (Å²) in [6, 6.07) is 24.1. The molecule has 5 nitrogen and oxygen atoms in total. The zero-order chi connectivity index (χ0) is 25.0. The second kappa shape index (κ2) is 13.5. The number of benzene rings is 3. The third-order valence-corrected chi connectivity index (χ3v) is 5.99. The molecule has 6 heteroatoms. The van der Waals surface area contributed by atoms with Gasteiger partial charge in [0.15, 0.2) is 6.61 Å². The number of ether oxygens (including phenoxy) is 1. The van der Waals surface area contributed by atoms with Crippen molar-refractivity contribution in [1.82, 2.24) is 10.2 Å². The summed E-state index contributed by atoms with van der Waals surface area (Å²) < 4.78 is 5.82. The lowest BCUT2D eigenvalue weighted by atomic mass is 10.0. The predicted molar refractivity (Wildman–Crippen MR) is 141 cm³/mol. The second-order valence-electron chi connectivity index (χ2n) is 8.43. The van der Waals surface area contributed by atoms with Gasteiger partial charge in [0.2, 0.25) is 5.91 Å². The maximum atomic E-state index is 13.5. The molecule has 0 aliphatic carbocycles. The van der Waals surface area contributed by atoms with Crippen LogP contribution in [0.4, 0.5) is 0 Å². The summed E-state index contributed by atoms with van der Waals surface area (Å²) in [5.41, 5.74) is 3.02. The number of nitrogens with one attached hydrogen (secondary N) is 1. The van der Waals surface area contributed by atoms with Crippen molar-refractivity contribution in [3.63, 3.8) is 0 Å². The van der Waals surface area contributed by atoms with Crippen molar-refractivity contribution < 1.29 is 14.3 Å². The maximum Gasteiger partial charge on any atom is 0.261 e. The van der Waals surface area contributed by atoms with Crippen LogP contribution in [0.2, 0.25) is 5.02 Å². The Morgan fingerprint density at radius 2 is 1.63 bits per heavy atom. The zero-order valence-corrected chi connectivity index (χ0v) is 21.1. The highest BCUT2D eigenvalue weighted by atomic mass is 35.5. The fraction of sp³-hybridized carbons (Fsp3) is 0.310. The van der Waals surface area contributed by atoms with Crippen molar-refractivity contribution >= 4 is 23.4 Å². The first-order valence-electron chi connectivity index (χ1n) is 12.1. The van der Waals surface area contributed by atoms with E-state index in [1.807, 2.05) is 79.7 Å². The van der Waals surface area contributed by atoms with Crippen LogP contribution in [0.1, 0.15) is 37.0 Å². The van der Waals surface area contributed by atoms with Gasteiger partial charge in [0.25, 0.3) is 5.91 Å². The Hall–Kier alpha value is -3.31. The van der Waals surface area contributed by atoms with E-state index in [9.17, 15) is 9.59 Å². The van der Waals surface area contributed by atoms with Gasteiger partial charge in [-0.05, 0) is 53.8 Å². The third kappa shape index (κ3) is 8.15. The fourth-order valence-corrected chi connectivity index (χ4v) is 4.01. The topological polar surface area (TPSA) is 58.6 Å². The summed E-state index contributed by atoms with van der Waals surface area (Å²) in [5, 5.41) is 3.55. The van der Waals surface area contributed by atoms with Crippen molar-refractivity contribution in [2.45, 2.75) is 45.7 Å². The lowest BCUT2D eigenvalue weighted by Crippen LogP contribution is -2.51. The Kier molecular flexibility index (Phi) is 10.2. The normalized spacial score (nSPS) is 11.5. The monoisotopic (exact) mass is 492 g/mol. The number of carbonyl (C=O) groups is 2. The Labute approximate surface area is 213 Å². The van der Waals surface area contributed by atoms with Gasteiger partial charge < -0.3 is 15.0 Å². The minimum atomic E-state index is -0.693. The van der Waals surface area contributed by atoms with E-state index in [0.29, 0.717) is 23.7 Å². The molecule has 1 atom stereocenters. The molecule has 0 saturated carbocycles. The summed E-state index contributed by atoms with van der Waals surface area (Å²) in [5.74, 6) is 0.170. The van der Waals surface area contributed by atoms with Crippen LogP contribution in [0.5, 0.6) is 5.75 Å². The van der Waals surface area contributed by atoms with Gasteiger partial charge in [-0.25, -0.2) is 0 Å². The molecule has 0 radical (unpaired) electrons. The molecule has 35 heavy (non-hydrogen) atoms. The second-order valence-corrected chi connectivity index (χ2v) is 8.87. The summed E-state index contributed by atoms with van der Waals surface area (Å²) in [7, 11) is 0. The highest BCUT2D eigenvalue weighted by Crippen LogP contribution is 2.19. The van der Waals surface area contributed by atoms with Gasteiger partial charge in [-0.3, -0.25) is 9.59 Å². The average Bonchev–Trinajstić information content (AvgIpc) is 2.88. The number of nitrogens with zero attached hydrogens (tertiary/aromatic N) is 1. The van der Waals surface area contributed by atoms with Gasteiger partial charge in [-0.1, -0.05) is 80.0 Å². The average molecular weight is 493 g/mol. The number of halogens is 1. The Bertz CT molecular complexity index is 1090. The molecule has 3 rings (SSSR count). The highest BCUT2D eigenvalue weighted by Gasteiger charge is 2.30. The molecule has 184 valence electrons. The van der Waals surface area contributed by atoms with Crippen LogP contribution in [-0.2, 0) is 29.0 Å². The molecule has 0 saturated heterocycles. The van der Waals surface area contributed by atoms with Crippen molar-refractivity contribution in [3.8, 4) is 5.75 Å². The number of carbonyl (C=O) groups excluding carboxylic acids is 2. The van der Waals surface area contributed by atoms with Gasteiger partial charge in [0.05, 0.1) is 0 Å². The Balaban J connectivity index is 1.87. The molecule has 0 bridgehead atoms. The van der Waals surface area contributed by atoms with E-state index < -0.39 is 6.04 Å². The Morgan fingerprint density at radius 1 is 0.914 bits per heavy atom. The van der Waals surface area contributed by atoms with Gasteiger partial charge >= 0.3 is 0 Å². The fourth-order valence-electron chi connectivity index (χ4n) is 3.80. The molecular formula is C29H33ClN2O3. The molecule has 3 aromatic carbocycles. The molecule has 0 aromatic heterocycles. The number of aryl methyl sites for hydroxylation is 1. The highest BCUT2D eigenvalue weighted by molar-refractivity contribution is 6.30. The molecule has 2 amide bonds.